The lowest BCUT2D eigenvalue weighted by Gasteiger charge is -2.36. The van der Waals surface area contributed by atoms with Gasteiger partial charge in [-0.05, 0) is 68.9 Å². The van der Waals surface area contributed by atoms with E-state index in [9.17, 15) is 9.59 Å². The molecular weight excluding hydrogens is 552 g/mol. The number of urea groups is 1. The molecule has 1 N–H and O–H groups in total. The average molecular weight is 599 g/mol. The number of nitrogens with one attached hydrogen (secondary N) is 1. The Hall–Kier alpha value is -2.97. The first-order chi connectivity index (χ1) is 20.3. The van der Waals surface area contributed by atoms with Crippen LogP contribution in [0, 0.1) is 0 Å². The number of likely N-dealkylation sites (tertiary alicyclic amines) is 1. The number of rotatable bonds is 13. The number of unbranched alkanes of at least 4 members (excludes halogenated alkanes) is 2. The van der Waals surface area contributed by atoms with Crippen molar-refractivity contribution in [2.75, 3.05) is 44.8 Å². The Labute approximate surface area is 256 Å². The zero-order valence-electron chi connectivity index (χ0n) is 25.7. The number of hydrogen-bond acceptors (Lipinski definition) is 5. The van der Waals surface area contributed by atoms with Gasteiger partial charge in [0.2, 0.25) is 5.91 Å². The van der Waals surface area contributed by atoms with Crippen molar-refractivity contribution < 1.29 is 19.1 Å². The van der Waals surface area contributed by atoms with E-state index in [0.29, 0.717) is 55.2 Å². The molecule has 3 amide bonds. The highest BCUT2D eigenvalue weighted by Crippen LogP contribution is 2.34. The van der Waals surface area contributed by atoms with E-state index in [4.69, 9.17) is 21.1 Å². The summed E-state index contributed by atoms with van der Waals surface area (Å²) in [6.07, 6.45) is 6.30. The molecule has 0 saturated carbocycles. The Morgan fingerprint density at radius 2 is 1.83 bits per heavy atom. The molecular formula is C33H47ClN4O4. The highest BCUT2D eigenvalue weighted by molar-refractivity contribution is 6.31. The number of methoxy groups -OCH3 is 1. The summed E-state index contributed by atoms with van der Waals surface area (Å²) in [6, 6.07) is 12.1. The van der Waals surface area contributed by atoms with Crippen LogP contribution in [0.25, 0.3) is 0 Å². The SMILES string of the molecule is CCCCCOc1cc(N2CCCN(Cc3ccc(CC(=O)NC4CCN(C(C)C)CC4)cc3Cl)C2=O)ccc1OC. The van der Waals surface area contributed by atoms with Crippen molar-refractivity contribution in [3.63, 3.8) is 0 Å². The number of anilines is 1. The molecule has 0 atom stereocenters. The lowest BCUT2D eigenvalue weighted by molar-refractivity contribution is -0.121. The number of carbonyl (C=O) groups excluding carboxylic acids is 2. The first-order valence-electron chi connectivity index (χ1n) is 15.5. The third kappa shape index (κ3) is 8.54. The Bertz CT molecular complexity index is 1200. The van der Waals surface area contributed by atoms with E-state index in [-0.39, 0.29) is 18.0 Å². The monoisotopic (exact) mass is 598 g/mol. The van der Waals surface area contributed by atoms with Crippen LogP contribution in [-0.2, 0) is 17.8 Å². The normalized spacial score (nSPS) is 16.7. The van der Waals surface area contributed by atoms with Crippen LogP contribution in [0.3, 0.4) is 0 Å². The second-order valence-corrected chi connectivity index (χ2v) is 12.1. The van der Waals surface area contributed by atoms with Gasteiger partial charge in [0.15, 0.2) is 11.5 Å². The number of hydrogen-bond donors (Lipinski definition) is 1. The number of benzene rings is 2. The van der Waals surface area contributed by atoms with Gasteiger partial charge < -0.3 is 24.6 Å². The number of amides is 3. The minimum absolute atomic E-state index is 0.0249. The van der Waals surface area contributed by atoms with Crippen LogP contribution in [0.4, 0.5) is 10.5 Å². The van der Waals surface area contributed by atoms with Gasteiger partial charge in [-0.1, -0.05) is 43.5 Å². The largest absolute Gasteiger partial charge is 0.493 e. The summed E-state index contributed by atoms with van der Waals surface area (Å²) in [5.41, 5.74) is 2.53. The lowest BCUT2D eigenvalue weighted by Crippen LogP contribution is -2.49. The Morgan fingerprint density at radius 3 is 2.52 bits per heavy atom. The maximum Gasteiger partial charge on any atom is 0.324 e. The van der Waals surface area contributed by atoms with Gasteiger partial charge in [-0.15, -0.1) is 0 Å². The Morgan fingerprint density at radius 1 is 1.05 bits per heavy atom. The molecule has 2 aromatic carbocycles. The third-order valence-corrected chi connectivity index (χ3v) is 8.60. The van der Waals surface area contributed by atoms with E-state index in [2.05, 4.69) is 31.0 Å². The molecule has 2 aliphatic rings. The maximum atomic E-state index is 13.5. The molecule has 0 bridgehead atoms. The summed E-state index contributed by atoms with van der Waals surface area (Å²) < 4.78 is 11.5. The molecule has 0 aliphatic carbocycles. The van der Waals surface area contributed by atoms with Crippen LogP contribution in [-0.4, -0.2) is 73.7 Å². The third-order valence-electron chi connectivity index (χ3n) is 8.24. The number of piperidine rings is 1. The number of ether oxygens (including phenoxy) is 2. The first-order valence-corrected chi connectivity index (χ1v) is 15.8. The summed E-state index contributed by atoms with van der Waals surface area (Å²) in [4.78, 5) is 32.3. The predicted octanol–water partition coefficient (Wildman–Crippen LogP) is 6.28. The van der Waals surface area contributed by atoms with Crippen LogP contribution in [0.5, 0.6) is 11.5 Å². The highest BCUT2D eigenvalue weighted by atomic mass is 35.5. The van der Waals surface area contributed by atoms with Crippen LogP contribution < -0.4 is 19.7 Å². The van der Waals surface area contributed by atoms with Gasteiger partial charge >= 0.3 is 6.03 Å². The molecule has 2 aromatic rings. The molecule has 0 unspecified atom stereocenters. The number of halogens is 1. The van der Waals surface area contributed by atoms with E-state index < -0.39 is 0 Å². The molecule has 4 rings (SSSR count). The summed E-state index contributed by atoms with van der Waals surface area (Å²) in [7, 11) is 1.63. The van der Waals surface area contributed by atoms with Crippen molar-refractivity contribution in [1.82, 2.24) is 15.1 Å². The Balaban J connectivity index is 1.34. The maximum absolute atomic E-state index is 13.5. The van der Waals surface area contributed by atoms with Crippen molar-refractivity contribution in [3.05, 3.63) is 52.5 Å². The fourth-order valence-corrected chi connectivity index (χ4v) is 5.97. The van der Waals surface area contributed by atoms with Gasteiger partial charge in [-0.2, -0.15) is 0 Å². The predicted molar refractivity (Wildman–Crippen MR) is 169 cm³/mol. The summed E-state index contributed by atoms with van der Waals surface area (Å²) >= 11 is 6.68. The fourth-order valence-electron chi connectivity index (χ4n) is 5.71. The van der Waals surface area contributed by atoms with Gasteiger partial charge in [0.05, 0.1) is 20.1 Å². The smallest absolute Gasteiger partial charge is 0.324 e. The first kappa shape index (κ1) is 32.0. The number of carbonyl (C=O) groups is 2. The van der Waals surface area contributed by atoms with Gasteiger partial charge in [-0.3, -0.25) is 9.69 Å². The average Bonchev–Trinajstić information content (AvgIpc) is 2.98. The van der Waals surface area contributed by atoms with Gasteiger partial charge in [0.1, 0.15) is 0 Å². The van der Waals surface area contributed by atoms with Gasteiger partial charge in [0.25, 0.3) is 0 Å². The van der Waals surface area contributed by atoms with E-state index in [0.717, 1.165) is 68.4 Å². The Kier molecular flexibility index (Phi) is 11.8. The minimum atomic E-state index is -0.0635. The molecule has 2 saturated heterocycles. The zero-order chi connectivity index (χ0) is 30.1. The zero-order valence-corrected chi connectivity index (χ0v) is 26.4. The molecule has 8 nitrogen and oxygen atoms in total. The van der Waals surface area contributed by atoms with Crippen LogP contribution in [0.2, 0.25) is 5.02 Å². The van der Waals surface area contributed by atoms with Crippen molar-refractivity contribution in [1.29, 1.82) is 0 Å². The van der Waals surface area contributed by atoms with Crippen molar-refractivity contribution in [3.8, 4) is 11.5 Å². The van der Waals surface area contributed by atoms with E-state index in [1.807, 2.05) is 41.3 Å². The highest BCUT2D eigenvalue weighted by Gasteiger charge is 2.28. The second kappa shape index (κ2) is 15.5. The lowest BCUT2D eigenvalue weighted by atomic mass is 10.0. The van der Waals surface area contributed by atoms with Crippen molar-refractivity contribution in [2.45, 2.75) is 84.3 Å². The molecule has 0 aromatic heterocycles. The minimum Gasteiger partial charge on any atom is -0.493 e. The van der Waals surface area contributed by atoms with Crippen LogP contribution >= 0.6 is 11.6 Å². The standard InChI is InChI=1S/C33H47ClN4O4/c1-5-6-7-19-42-31-22-28(11-12-30(31)41-4)38-16-8-15-37(33(38)40)23-26-10-9-25(20-29(26)34)21-32(39)35-27-13-17-36(18-14-27)24(2)3/h9-12,20,22,24,27H,5-8,13-19,21,23H2,1-4H3,(H,35,39). The van der Waals surface area contributed by atoms with Crippen LogP contribution in [0.15, 0.2) is 36.4 Å². The topological polar surface area (TPSA) is 74.4 Å². The van der Waals surface area contributed by atoms with E-state index in [1.165, 1.54) is 0 Å². The molecule has 0 spiro atoms. The summed E-state index contributed by atoms with van der Waals surface area (Å²) in [5, 5.41) is 3.77. The molecule has 0 radical (unpaired) electrons. The van der Waals surface area contributed by atoms with Crippen LogP contribution in [0.1, 0.15) is 70.4 Å². The van der Waals surface area contributed by atoms with Gasteiger partial charge in [0, 0.05) is 61.6 Å². The van der Waals surface area contributed by atoms with Crippen molar-refractivity contribution in [2.24, 2.45) is 0 Å². The molecule has 2 aliphatic heterocycles. The molecule has 9 heteroatoms. The van der Waals surface area contributed by atoms with Gasteiger partial charge in [-0.25, -0.2) is 4.79 Å². The molecule has 2 fully saturated rings. The quantitative estimate of drug-likeness (QED) is 0.275. The molecule has 230 valence electrons. The number of nitrogens with zero attached hydrogens (tertiary/aromatic N) is 3. The van der Waals surface area contributed by atoms with E-state index in [1.54, 1.807) is 12.0 Å². The van der Waals surface area contributed by atoms with Crippen molar-refractivity contribution >= 4 is 29.2 Å². The summed E-state index contributed by atoms with van der Waals surface area (Å²) in [6.45, 7) is 10.9. The summed E-state index contributed by atoms with van der Waals surface area (Å²) in [5.74, 6) is 1.34. The van der Waals surface area contributed by atoms with E-state index >= 15 is 0 Å². The second-order valence-electron chi connectivity index (χ2n) is 11.7. The fraction of sp³-hybridized carbons (Fsp3) is 0.576. The molecule has 42 heavy (non-hydrogen) atoms. The molecule has 2 heterocycles.